The third kappa shape index (κ3) is 5.42. The molecule has 0 aliphatic carbocycles. The third-order valence-corrected chi connectivity index (χ3v) is 5.24. The Morgan fingerprint density at radius 2 is 1.62 bits per heavy atom. The summed E-state index contributed by atoms with van der Waals surface area (Å²) >= 11 is 0.644. The number of thioether (sulfide) groups is 1. The molecule has 0 radical (unpaired) electrons. The number of nitrogens with zero attached hydrogens (tertiary/aromatic N) is 3. The number of carbonyl (C=O) groups is 4. The number of imide groups is 1. The van der Waals surface area contributed by atoms with E-state index in [9.17, 15) is 39.4 Å². The van der Waals surface area contributed by atoms with E-state index < -0.39 is 50.9 Å². The largest absolute Gasteiger partial charge is 0.468 e. The lowest BCUT2D eigenvalue weighted by molar-refractivity contribution is -0.394. The summed E-state index contributed by atoms with van der Waals surface area (Å²) in [5.74, 6) is -2.44. The summed E-state index contributed by atoms with van der Waals surface area (Å²) < 4.78 is 9.57. The van der Waals surface area contributed by atoms with Crippen molar-refractivity contribution >= 4 is 52.3 Å². The Morgan fingerprint density at radius 1 is 1.03 bits per heavy atom. The van der Waals surface area contributed by atoms with Gasteiger partial charge in [-0.25, -0.2) is 4.79 Å². The molecular weight excluding hydrogens is 474 g/mol. The maximum absolute atomic E-state index is 12.3. The third-order valence-electron chi connectivity index (χ3n) is 4.34. The maximum Gasteiger partial charge on any atom is 0.344 e. The quantitative estimate of drug-likeness (QED) is 0.184. The lowest BCUT2D eigenvalue weighted by Crippen LogP contribution is -2.34. The predicted octanol–water partition coefficient (Wildman–Crippen LogP) is 2.93. The second-order valence-corrected chi connectivity index (χ2v) is 7.55. The fraction of sp³-hybridized carbons (Fsp3) is 0.100. The molecule has 1 aliphatic heterocycles. The van der Waals surface area contributed by atoms with Crippen LogP contribution in [0.4, 0.5) is 16.2 Å². The Labute approximate surface area is 194 Å². The minimum Gasteiger partial charge on any atom is -0.468 e. The minimum absolute atomic E-state index is 0.0232. The summed E-state index contributed by atoms with van der Waals surface area (Å²) in [5, 5.41) is 21.3. The van der Waals surface area contributed by atoms with Gasteiger partial charge in [-0.1, -0.05) is 12.1 Å². The van der Waals surface area contributed by atoms with Crippen LogP contribution < -0.4 is 4.74 Å². The average molecular weight is 487 g/mol. The van der Waals surface area contributed by atoms with E-state index in [2.05, 4.69) is 4.74 Å². The molecule has 0 N–H and O–H groups in total. The Bertz CT molecular complexity index is 1220. The highest BCUT2D eigenvalue weighted by atomic mass is 32.2. The lowest BCUT2D eigenvalue weighted by atomic mass is 10.1. The lowest BCUT2D eigenvalue weighted by Gasteiger charge is -2.09. The molecule has 2 aromatic carbocycles. The first-order valence-corrected chi connectivity index (χ1v) is 9.99. The minimum atomic E-state index is -1.05. The van der Waals surface area contributed by atoms with Crippen molar-refractivity contribution in [2.24, 2.45) is 0 Å². The number of hydrogen-bond donors (Lipinski definition) is 0. The molecule has 1 aliphatic rings. The van der Waals surface area contributed by atoms with Gasteiger partial charge in [0.05, 0.1) is 33.5 Å². The van der Waals surface area contributed by atoms with E-state index in [1.807, 2.05) is 0 Å². The number of ether oxygens (including phenoxy) is 2. The van der Waals surface area contributed by atoms with Crippen LogP contribution >= 0.6 is 11.8 Å². The SMILES string of the molecule is COC(=O)CN1C(=O)S/C(=C\c2ccc(OC(=O)c3cc([N+](=O)[O-])cc([N+](=O)[O-])c3)cc2)C1=O. The second kappa shape index (κ2) is 9.91. The van der Waals surface area contributed by atoms with Crippen LogP contribution in [0.1, 0.15) is 15.9 Å². The molecule has 0 atom stereocenters. The Kier molecular flexibility index (Phi) is 7.01. The van der Waals surface area contributed by atoms with E-state index in [0.717, 1.165) is 30.2 Å². The maximum atomic E-state index is 12.3. The van der Waals surface area contributed by atoms with Gasteiger partial charge in [-0.05, 0) is 35.5 Å². The van der Waals surface area contributed by atoms with E-state index in [1.165, 1.54) is 30.3 Å². The fourth-order valence-electron chi connectivity index (χ4n) is 2.70. The number of amides is 2. The van der Waals surface area contributed by atoms with E-state index in [0.29, 0.717) is 17.3 Å². The van der Waals surface area contributed by atoms with Crippen LogP contribution in [0.5, 0.6) is 5.75 Å². The van der Waals surface area contributed by atoms with E-state index in [-0.39, 0.29) is 16.2 Å². The monoisotopic (exact) mass is 487 g/mol. The summed E-state index contributed by atoms with van der Waals surface area (Å²) in [6, 6.07) is 8.07. The van der Waals surface area contributed by atoms with E-state index >= 15 is 0 Å². The first kappa shape index (κ1) is 24.1. The average Bonchev–Trinajstić information content (AvgIpc) is 3.06. The number of carbonyl (C=O) groups excluding carboxylic acids is 4. The molecule has 14 heteroatoms. The molecule has 0 saturated carbocycles. The standard InChI is InChI=1S/C20H13N3O10S/c1-32-17(24)10-21-18(25)16(34-20(21)27)6-11-2-4-15(5-3-11)33-19(26)12-7-13(22(28)29)9-14(8-12)23(30)31/h2-9H,10H2,1H3/b16-6-. The number of non-ortho nitro benzene ring substituents is 2. The van der Waals surface area contributed by atoms with Crippen molar-refractivity contribution in [3.05, 3.63) is 78.7 Å². The molecule has 0 aromatic heterocycles. The zero-order valence-corrected chi connectivity index (χ0v) is 18.0. The van der Waals surface area contributed by atoms with E-state index in [4.69, 9.17) is 4.74 Å². The number of rotatable bonds is 7. The smallest absolute Gasteiger partial charge is 0.344 e. The summed E-state index contributed by atoms with van der Waals surface area (Å²) in [6.07, 6.45) is 1.40. The molecule has 0 spiro atoms. The van der Waals surface area contributed by atoms with Gasteiger partial charge >= 0.3 is 11.9 Å². The van der Waals surface area contributed by atoms with Gasteiger partial charge in [-0.15, -0.1) is 0 Å². The number of nitro groups is 2. The molecule has 2 aromatic rings. The molecule has 1 saturated heterocycles. The summed E-state index contributed by atoms with van der Waals surface area (Å²) in [6.45, 7) is -0.511. The summed E-state index contributed by atoms with van der Waals surface area (Å²) in [4.78, 5) is 69.0. The molecule has 34 heavy (non-hydrogen) atoms. The van der Waals surface area contributed by atoms with Crippen molar-refractivity contribution in [2.45, 2.75) is 0 Å². The van der Waals surface area contributed by atoms with E-state index in [1.54, 1.807) is 0 Å². The van der Waals surface area contributed by atoms with Gasteiger partial charge in [-0.3, -0.25) is 39.5 Å². The van der Waals surface area contributed by atoms with Gasteiger partial charge in [0.1, 0.15) is 12.3 Å². The van der Waals surface area contributed by atoms with Crippen LogP contribution in [0.15, 0.2) is 47.4 Å². The normalized spacial score (nSPS) is 14.3. The van der Waals surface area contributed by atoms with Crippen LogP contribution in [-0.2, 0) is 14.3 Å². The number of nitro benzene ring substituents is 2. The highest BCUT2D eigenvalue weighted by Gasteiger charge is 2.36. The Balaban J connectivity index is 1.74. The summed E-state index contributed by atoms with van der Waals surface area (Å²) in [7, 11) is 1.13. The first-order valence-electron chi connectivity index (χ1n) is 9.17. The van der Waals surface area contributed by atoms with Crippen molar-refractivity contribution in [1.29, 1.82) is 0 Å². The Morgan fingerprint density at radius 3 is 2.15 bits per heavy atom. The van der Waals surface area contributed by atoms with Crippen molar-refractivity contribution in [3.63, 3.8) is 0 Å². The number of esters is 2. The van der Waals surface area contributed by atoms with Crippen LogP contribution in [0.25, 0.3) is 6.08 Å². The molecule has 174 valence electrons. The van der Waals surface area contributed by atoms with Crippen molar-refractivity contribution < 1.29 is 38.5 Å². The molecular formula is C20H13N3O10S. The highest BCUT2D eigenvalue weighted by molar-refractivity contribution is 8.18. The highest BCUT2D eigenvalue weighted by Crippen LogP contribution is 2.32. The number of methoxy groups -OCH3 is 1. The van der Waals surface area contributed by atoms with Crippen LogP contribution in [-0.4, -0.2) is 51.5 Å². The number of benzene rings is 2. The first-order chi connectivity index (χ1) is 16.1. The van der Waals surface area contributed by atoms with Crippen molar-refractivity contribution in [3.8, 4) is 5.75 Å². The van der Waals surface area contributed by atoms with Crippen molar-refractivity contribution in [1.82, 2.24) is 4.90 Å². The molecule has 13 nitrogen and oxygen atoms in total. The van der Waals surface area contributed by atoms with Gasteiger partial charge in [0, 0.05) is 12.1 Å². The second-order valence-electron chi connectivity index (χ2n) is 6.55. The van der Waals surface area contributed by atoms with Crippen LogP contribution in [0.2, 0.25) is 0 Å². The molecule has 0 bridgehead atoms. The molecule has 0 unspecified atom stereocenters. The molecule has 2 amide bonds. The summed E-state index contributed by atoms with van der Waals surface area (Å²) in [5.41, 5.74) is -1.20. The van der Waals surface area contributed by atoms with Gasteiger partial charge in [0.15, 0.2) is 0 Å². The van der Waals surface area contributed by atoms with Gasteiger partial charge < -0.3 is 9.47 Å². The van der Waals surface area contributed by atoms with Crippen molar-refractivity contribution in [2.75, 3.05) is 13.7 Å². The van der Waals surface area contributed by atoms with Gasteiger partial charge in [0.25, 0.3) is 22.5 Å². The zero-order valence-electron chi connectivity index (χ0n) is 17.2. The number of hydrogen-bond acceptors (Lipinski definition) is 11. The fourth-order valence-corrected chi connectivity index (χ4v) is 3.54. The topological polar surface area (TPSA) is 176 Å². The van der Waals surface area contributed by atoms with Crippen LogP contribution in [0, 0.1) is 20.2 Å². The zero-order chi connectivity index (χ0) is 25.0. The van der Waals surface area contributed by atoms with Crippen LogP contribution in [0.3, 0.4) is 0 Å². The molecule has 3 rings (SSSR count). The predicted molar refractivity (Wildman–Crippen MR) is 116 cm³/mol. The molecule has 1 heterocycles. The molecule has 1 fully saturated rings. The Hall–Kier alpha value is -4.59. The van der Waals surface area contributed by atoms with Gasteiger partial charge in [-0.2, -0.15) is 0 Å². The van der Waals surface area contributed by atoms with Gasteiger partial charge in [0.2, 0.25) is 0 Å².